The first-order valence-electron chi connectivity index (χ1n) is 5.65. The summed E-state index contributed by atoms with van der Waals surface area (Å²) in [6.07, 6.45) is 0. The molecule has 0 spiro atoms. The van der Waals surface area contributed by atoms with Crippen molar-refractivity contribution in [2.45, 2.75) is 40.2 Å². The molecule has 17 heavy (non-hydrogen) atoms. The highest BCUT2D eigenvalue weighted by Gasteiger charge is 2.15. The van der Waals surface area contributed by atoms with E-state index in [1.54, 1.807) is 6.07 Å². The molecule has 94 valence electrons. The van der Waals surface area contributed by atoms with Gasteiger partial charge in [-0.05, 0) is 51.8 Å². The van der Waals surface area contributed by atoms with Gasteiger partial charge in [0.2, 0.25) is 0 Å². The minimum absolute atomic E-state index is 0.238. The second-order valence-corrected chi connectivity index (χ2v) is 5.30. The van der Waals surface area contributed by atoms with E-state index in [1.165, 1.54) is 0 Å². The molecule has 0 saturated carbocycles. The van der Waals surface area contributed by atoms with Crippen LogP contribution in [0.15, 0.2) is 12.1 Å². The van der Waals surface area contributed by atoms with Crippen molar-refractivity contribution in [2.24, 2.45) is 0 Å². The second kappa shape index (κ2) is 4.65. The lowest BCUT2D eigenvalue weighted by Gasteiger charge is -2.22. The van der Waals surface area contributed by atoms with E-state index in [0.29, 0.717) is 11.4 Å². The number of urea groups is 1. The van der Waals surface area contributed by atoms with E-state index < -0.39 is 0 Å². The van der Waals surface area contributed by atoms with Gasteiger partial charge >= 0.3 is 6.03 Å². The minimum Gasteiger partial charge on any atom is -0.397 e. The second-order valence-electron chi connectivity index (χ2n) is 5.30. The van der Waals surface area contributed by atoms with Gasteiger partial charge in [0.15, 0.2) is 0 Å². The topological polar surface area (TPSA) is 67.1 Å². The average Bonchev–Trinajstić information content (AvgIpc) is 2.16. The van der Waals surface area contributed by atoms with Gasteiger partial charge in [-0.1, -0.05) is 6.07 Å². The van der Waals surface area contributed by atoms with Crippen molar-refractivity contribution in [1.82, 2.24) is 5.32 Å². The van der Waals surface area contributed by atoms with Gasteiger partial charge < -0.3 is 16.4 Å². The van der Waals surface area contributed by atoms with Crippen LogP contribution in [-0.2, 0) is 0 Å². The quantitative estimate of drug-likeness (QED) is 0.655. The molecule has 1 rings (SSSR count). The maximum Gasteiger partial charge on any atom is 0.319 e. The average molecular weight is 235 g/mol. The number of rotatable bonds is 1. The summed E-state index contributed by atoms with van der Waals surface area (Å²) < 4.78 is 0. The van der Waals surface area contributed by atoms with Gasteiger partial charge in [-0.15, -0.1) is 0 Å². The fourth-order valence-electron chi connectivity index (χ4n) is 1.49. The molecule has 0 aromatic heterocycles. The van der Waals surface area contributed by atoms with E-state index in [-0.39, 0.29) is 11.6 Å². The van der Waals surface area contributed by atoms with Crippen molar-refractivity contribution in [3.05, 3.63) is 23.3 Å². The first-order valence-corrected chi connectivity index (χ1v) is 5.65. The molecule has 0 aliphatic rings. The van der Waals surface area contributed by atoms with E-state index >= 15 is 0 Å². The van der Waals surface area contributed by atoms with Crippen LogP contribution < -0.4 is 16.4 Å². The number of hydrogen-bond acceptors (Lipinski definition) is 2. The normalized spacial score (nSPS) is 11.1. The van der Waals surface area contributed by atoms with Crippen LogP contribution in [0.5, 0.6) is 0 Å². The van der Waals surface area contributed by atoms with Crippen LogP contribution in [0.1, 0.15) is 31.9 Å². The predicted molar refractivity (Wildman–Crippen MR) is 72.2 cm³/mol. The minimum atomic E-state index is -0.267. The number of nitrogen functional groups attached to an aromatic ring is 1. The largest absolute Gasteiger partial charge is 0.397 e. The monoisotopic (exact) mass is 235 g/mol. The number of hydrogen-bond donors (Lipinski definition) is 3. The fraction of sp³-hybridized carbons (Fsp3) is 0.462. The Morgan fingerprint density at radius 2 is 1.82 bits per heavy atom. The summed E-state index contributed by atoms with van der Waals surface area (Å²) in [6.45, 7) is 9.72. The highest BCUT2D eigenvalue weighted by molar-refractivity contribution is 5.94. The Balaban J connectivity index is 2.89. The van der Waals surface area contributed by atoms with Gasteiger partial charge in [-0.2, -0.15) is 0 Å². The summed E-state index contributed by atoms with van der Waals surface area (Å²) in [4.78, 5) is 11.8. The Hall–Kier alpha value is -1.71. The number of carbonyl (C=O) groups is 1. The first kappa shape index (κ1) is 13.4. The van der Waals surface area contributed by atoms with Crippen molar-refractivity contribution >= 4 is 17.4 Å². The van der Waals surface area contributed by atoms with Crippen molar-refractivity contribution in [3.63, 3.8) is 0 Å². The maximum absolute atomic E-state index is 11.8. The van der Waals surface area contributed by atoms with Gasteiger partial charge in [0.1, 0.15) is 0 Å². The van der Waals surface area contributed by atoms with Crippen LogP contribution in [0.4, 0.5) is 16.2 Å². The third-order valence-electron chi connectivity index (χ3n) is 2.50. The molecule has 0 aliphatic carbocycles. The summed E-state index contributed by atoms with van der Waals surface area (Å²) in [7, 11) is 0. The predicted octanol–water partition coefficient (Wildman–Crippen LogP) is 2.81. The van der Waals surface area contributed by atoms with Crippen LogP contribution in [0.3, 0.4) is 0 Å². The number of benzene rings is 1. The summed E-state index contributed by atoms with van der Waals surface area (Å²) >= 11 is 0. The lowest BCUT2D eigenvalue weighted by molar-refractivity contribution is 0.244. The summed E-state index contributed by atoms with van der Waals surface area (Å²) in [5.41, 5.74) is 8.96. The molecule has 4 nitrogen and oxygen atoms in total. The van der Waals surface area contributed by atoms with Crippen molar-refractivity contribution in [2.75, 3.05) is 11.1 Å². The van der Waals surface area contributed by atoms with E-state index in [1.807, 2.05) is 40.7 Å². The van der Waals surface area contributed by atoms with Gasteiger partial charge in [0.05, 0.1) is 11.4 Å². The molecule has 0 aliphatic heterocycles. The zero-order valence-corrected chi connectivity index (χ0v) is 11.1. The zero-order valence-electron chi connectivity index (χ0n) is 11.1. The van der Waals surface area contributed by atoms with Crippen molar-refractivity contribution in [3.8, 4) is 0 Å². The molecule has 4 N–H and O–H groups in total. The Morgan fingerprint density at radius 3 is 2.35 bits per heavy atom. The van der Waals surface area contributed by atoms with E-state index in [2.05, 4.69) is 10.6 Å². The van der Waals surface area contributed by atoms with Crippen LogP contribution in [-0.4, -0.2) is 11.6 Å². The van der Waals surface area contributed by atoms with Crippen LogP contribution >= 0.6 is 0 Å². The molecule has 0 fully saturated rings. The molecule has 1 aromatic carbocycles. The third-order valence-corrected chi connectivity index (χ3v) is 2.50. The van der Waals surface area contributed by atoms with Crippen LogP contribution in [0.25, 0.3) is 0 Å². The number of nitrogens with two attached hydrogens (primary N) is 1. The van der Waals surface area contributed by atoms with E-state index in [0.717, 1.165) is 11.1 Å². The summed E-state index contributed by atoms with van der Waals surface area (Å²) in [6, 6.07) is 3.50. The molecule has 0 radical (unpaired) electrons. The number of amides is 2. The first-order chi connectivity index (χ1) is 7.70. The van der Waals surface area contributed by atoms with Gasteiger partial charge in [0.25, 0.3) is 0 Å². The number of aryl methyl sites for hydroxylation is 1. The molecular weight excluding hydrogens is 214 g/mol. The smallest absolute Gasteiger partial charge is 0.319 e. The molecule has 4 heteroatoms. The van der Waals surface area contributed by atoms with E-state index in [9.17, 15) is 4.79 Å². The zero-order chi connectivity index (χ0) is 13.2. The summed E-state index contributed by atoms with van der Waals surface area (Å²) in [5.74, 6) is 0. The molecule has 0 heterocycles. The molecule has 2 amide bonds. The highest BCUT2D eigenvalue weighted by Crippen LogP contribution is 2.25. The molecular formula is C13H21N3O. The Kier molecular flexibility index (Phi) is 3.66. The summed E-state index contributed by atoms with van der Waals surface area (Å²) in [5, 5.41) is 5.64. The van der Waals surface area contributed by atoms with Gasteiger partial charge in [-0.3, -0.25) is 0 Å². The Morgan fingerprint density at radius 1 is 1.24 bits per heavy atom. The fourth-order valence-corrected chi connectivity index (χ4v) is 1.49. The third kappa shape index (κ3) is 3.66. The number of anilines is 2. The SMILES string of the molecule is Cc1ccc(N)c(NC(=O)NC(C)(C)C)c1C. The molecule has 0 unspecified atom stereocenters. The molecule has 0 bridgehead atoms. The highest BCUT2D eigenvalue weighted by atomic mass is 16.2. The van der Waals surface area contributed by atoms with Gasteiger partial charge in [-0.25, -0.2) is 4.79 Å². The Bertz CT molecular complexity index is 433. The van der Waals surface area contributed by atoms with Gasteiger partial charge in [0, 0.05) is 5.54 Å². The molecule has 0 saturated heterocycles. The van der Waals surface area contributed by atoms with Crippen molar-refractivity contribution < 1.29 is 4.79 Å². The van der Waals surface area contributed by atoms with E-state index in [4.69, 9.17) is 5.73 Å². The number of carbonyl (C=O) groups excluding carboxylic acids is 1. The maximum atomic E-state index is 11.8. The Labute approximate surface area is 103 Å². The van der Waals surface area contributed by atoms with Crippen molar-refractivity contribution in [1.29, 1.82) is 0 Å². The number of nitrogens with one attached hydrogen (secondary N) is 2. The lowest BCUT2D eigenvalue weighted by Crippen LogP contribution is -2.43. The molecule has 1 aromatic rings. The van der Waals surface area contributed by atoms with Crippen LogP contribution in [0.2, 0.25) is 0 Å². The molecule has 0 atom stereocenters. The lowest BCUT2D eigenvalue weighted by atomic mass is 10.1. The standard InChI is InChI=1S/C13H21N3O/c1-8-6-7-10(14)11(9(8)2)15-12(17)16-13(3,4)5/h6-7H,14H2,1-5H3,(H2,15,16,17). The van der Waals surface area contributed by atoms with Crippen LogP contribution in [0, 0.1) is 13.8 Å².